The lowest BCUT2D eigenvalue weighted by Gasteiger charge is -2.30. The molecule has 0 aromatic heterocycles. The van der Waals surface area contributed by atoms with E-state index in [9.17, 15) is 20.2 Å². The maximum absolute atomic E-state index is 12.1. The van der Waals surface area contributed by atoms with Crippen LogP contribution in [0.3, 0.4) is 0 Å². The molecule has 2 rings (SSSR count). The van der Waals surface area contributed by atoms with Crippen LogP contribution in [-0.2, 0) is 10.5 Å². The number of hydrogen-bond donors (Lipinski definition) is 1. The van der Waals surface area contributed by atoms with Gasteiger partial charge >= 0.3 is 0 Å². The van der Waals surface area contributed by atoms with Crippen LogP contribution in [0.2, 0.25) is 0 Å². The Kier molecular flexibility index (Phi) is 6.81. The van der Waals surface area contributed by atoms with Crippen molar-refractivity contribution in [2.24, 2.45) is 11.8 Å². The molecule has 142 valence electrons. The van der Waals surface area contributed by atoms with Crippen molar-refractivity contribution in [3.05, 3.63) is 61.8 Å². The number of allylic oxidation sites excluding steroid dienone is 3. The first-order valence-electron chi connectivity index (χ1n) is 8.73. The molecule has 1 aliphatic rings. The highest BCUT2D eigenvalue weighted by Gasteiger charge is 2.32. The van der Waals surface area contributed by atoms with Gasteiger partial charge in [-0.25, -0.2) is 0 Å². The molecule has 1 aromatic carbocycles. The van der Waals surface area contributed by atoms with E-state index in [0.717, 1.165) is 22.7 Å². The highest BCUT2D eigenvalue weighted by Crippen LogP contribution is 2.38. The number of nitrogens with zero attached hydrogens (tertiary/aromatic N) is 2. The van der Waals surface area contributed by atoms with Gasteiger partial charge in [-0.15, -0.1) is 11.8 Å². The Labute approximate surface area is 163 Å². The minimum Gasteiger partial charge on any atom is -0.353 e. The lowest BCUT2D eigenvalue weighted by Crippen LogP contribution is -2.28. The summed E-state index contributed by atoms with van der Waals surface area (Å²) in [6.45, 7) is 7.52. The summed E-state index contributed by atoms with van der Waals surface area (Å²) in [7, 11) is 0. The molecule has 0 bridgehead atoms. The number of nitro benzene ring substituents is 1. The van der Waals surface area contributed by atoms with Crippen LogP contribution in [0, 0.1) is 33.3 Å². The van der Waals surface area contributed by atoms with E-state index in [1.165, 1.54) is 30.8 Å². The van der Waals surface area contributed by atoms with Gasteiger partial charge in [0.05, 0.1) is 21.6 Å². The number of nitrogens with one attached hydrogen (secondary N) is 1. The molecule has 1 heterocycles. The molecule has 0 saturated heterocycles. The van der Waals surface area contributed by atoms with E-state index in [-0.39, 0.29) is 17.4 Å². The second kappa shape index (κ2) is 8.87. The lowest BCUT2D eigenvalue weighted by atomic mass is 9.81. The standard InChI is InChI=1S/C20H23N3O3S/c1-12(2)8-17-18(10-21)20(22-13(3)19(17)14(4)24)27-11-15-6-5-7-16(9-15)23(25)26/h5-7,9,12,17,22H,8,11H2,1-4H3. The van der Waals surface area contributed by atoms with Gasteiger partial charge in [0.1, 0.15) is 0 Å². The van der Waals surface area contributed by atoms with Crippen LogP contribution in [0.5, 0.6) is 0 Å². The molecule has 1 atom stereocenters. The van der Waals surface area contributed by atoms with E-state index < -0.39 is 4.92 Å². The zero-order valence-electron chi connectivity index (χ0n) is 15.9. The normalized spacial score (nSPS) is 17.0. The predicted molar refractivity (Wildman–Crippen MR) is 106 cm³/mol. The molecule has 27 heavy (non-hydrogen) atoms. The third-order valence-corrected chi connectivity index (χ3v) is 5.45. The van der Waals surface area contributed by atoms with Crippen molar-refractivity contribution >= 4 is 23.2 Å². The van der Waals surface area contributed by atoms with Crippen LogP contribution in [0.25, 0.3) is 0 Å². The highest BCUT2D eigenvalue weighted by molar-refractivity contribution is 8.02. The molecular weight excluding hydrogens is 362 g/mol. The Bertz CT molecular complexity index is 865. The SMILES string of the molecule is CC(=O)C1=C(C)NC(SCc2cccc([N+](=O)[O-])c2)=C(C#N)C1CC(C)C. The predicted octanol–water partition coefficient (Wildman–Crippen LogP) is 4.69. The molecule has 0 fully saturated rings. The van der Waals surface area contributed by atoms with Crippen molar-refractivity contribution in [3.63, 3.8) is 0 Å². The summed E-state index contributed by atoms with van der Waals surface area (Å²) in [5, 5.41) is 24.6. The van der Waals surface area contributed by atoms with Crippen molar-refractivity contribution in [3.8, 4) is 6.07 Å². The van der Waals surface area contributed by atoms with Crippen LogP contribution in [0.1, 0.15) is 39.7 Å². The zero-order chi connectivity index (χ0) is 20.1. The van der Waals surface area contributed by atoms with E-state index in [1.807, 2.05) is 13.0 Å². The van der Waals surface area contributed by atoms with Gasteiger partial charge in [0.2, 0.25) is 0 Å². The molecule has 7 heteroatoms. The fraction of sp³-hybridized carbons (Fsp3) is 0.400. The van der Waals surface area contributed by atoms with Crippen LogP contribution in [0.4, 0.5) is 5.69 Å². The second-order valence-electron chi connectivity index (χ2n) is 6.97. The van der Waals surface area contributed by atoms with E-state index in [2.05, 4.69) is 25.2 Å². The van der Waals surface area contributed by atoms with E-state index in [1.54, 1.807) is 6.07 Å². The first-order valence-corrected chi connectivity index (χ1v) is 9.72. The average molecular weight is 385 g/mol. The minimum absolute atomic E-state index is 0.0267. The molecule has 1 N–H and O–H groups in total. The largest absolute Gasteiger partial charge is 0.353 e. The summed E-state index contributed by atoms with van der Waals surface area (Å²) in [6.07, 6.45) is 0.720. The van der Waals surface area contributed by atoms with Gasteiger partial charge in [0.15, 0.2) is 5.78 Å². The van der Waals surface area contributed by atoms with Crippen molar-refractivity contribution < 1.29 is 9.72 Å². The van der Waals surface area contributed by atoms with Crippen LogP contribution < -0.4 is 5.32 Å². The lowest BCUT2D eigenvalue weighted by molar-refractivity contribution is -0.384. The maximum Gasteiger partial charge on any atom is 0.269 e. The Morgan fingerprint density at radius 3 is 2.70 bits per heavy atom. The molecule has 0 saturated carbocycles. The van der Waals surface area contributed by atoms with E-state index >= 15 is 0 Å². The number of ketones is 1. The molecule has 1 aromatic rings. The molecule has 0 radical (unpaired) electrons. The van der Waals surface area contributed by atoms with Crippen molar-refractivity contribution in [2.45, 2.75) is 39.9 Å². The van der Waals surface area contributed by atoms with Crippen molar-refractivity contribution in [1.29, 1.82) is 5.26 Å². The number of hydrogen-bond acceptors (Lipinski definition) is 6. The summed E-state index contributed by atoms with van der Waals surface area (Å²) >= 11 is 1.43. The molecule has 0 spiro atoms. The van der Waals surface area contributed by atoms with Crippen molar-refractivity contribution in [1.82, 2.24) is 5.32 Å². The van der Waals surface area contributed by atoms with Gasteiger partial charge in [-0.2, -0.15) is 5.26 Å². The van der Waals surface area contributed by atoms with E-state index in [4.69, 9.17) is 0 Å². The molecule has 0 aliphatic carbocycles. The fourth-order valence-corrected chi connectivity index (χ4v) is 4.30. The summed E-state index contributed by atoms with van der Waals surface area (Å²) < 4.78 is 0. The molecule has 0 amide bonds. The molecule has 6 nitrogen and oxygen atoms in total. The minimum atomic E-state index is -0.419. The highest BCUT2D eigenvalue weighted by atomic mass is 32.2. The van der Waals surface area contributed by atoms with Crippen LogP contribution in [0.15, 0.2) is 46.1 Å². The number of non-ortho nitro benzene ring substituents is 1. The fourth-order valence-electron chi connectivity index (χ4n) is 3.24. The number of thioether (sulfide) groups is 1. The van der Waals surface area contributed by atoms with Crippen LogP contribution in [-0.4, -0.2) is 10.7 Å². The monoisotopic (exact) mass is 385 g/mol. The molecule has 1 unspecified atom stereocenters. The quantitative estimate of drug-likeness (QED) is 0.540. The van der Waals surface area contributed by atoms with Gasteiger partial charge in [0.25, 0.3) is 5.69 Å². The van der Waals surface area contributed by atoms with Crippen LogP contribution >= 0.6 is 11.8 Å². The number of Topliss-reactive ketones (excluding diaryl/α,β-unsaturated/α-hetero) is 1. The van der Waals surface area contributed by atoms with Gasteiger partial charge in [0, 0.05) is 35.1 Å². The first kappa shape index (κ1) is 20.7. The number of dihydropyridines is 1. The van der Waals surface area contributed by atoms with Gasteiger partial charge in [-0.05, 0) is 31.7 Å². The smallest absolute Gasteiger partial charge is 0.269 e. The molecule has 1 aliphatic heterocycles. The number of carbonyl (C=O) groups is 1. The van der Waals surface area contributed by atoms with Gasteiger partial charge < -0.3 is 5.32 Å². The Balaban J connectivity index is 2.31. The third-order valence-electron chi connectivity index (χ3n) is 4.36. The zero-order valence-corrected chi connectivity index (χ0v) is 16.7. The summed E-state index contributed by atoms with van der Waals surface area (Å²) in [4.78, 5) is 22.7. The van der Waals surface area contributed by atoms with E-state index in [0.29, 0.717) is 22.8 Å². The Morgan fingerprint density at radius 2 is 2.15 bits per heavy atom. The average Bonchev–Trinajstić information content (AvgIpc) is 2.59. The number of nitro groups is 1. The maximum atomic E-state index is 12.1. The first-order chi connectivity index (χ1) is 12.7. The molecular formula is C20H23N3O3S. The summed E-state index contributed by atoms with van der Waals surface area (Å²) in [6, 6.07) is 8.76. The number of nitriles is 1. The number of rotatable bonds is 7. The number of carbonyl (C=O) groups excluding carboxylic acids is 1. The van der Waals surface area contributed by atoms with Crippen molar-refractivity contribution in [2.75, 3.05) is 0 Å². The Morgan fingerprint density at radius 1 is 1.44 bits per heavy atom. The topological polar surface area (TPSA) is 96.0 Å². The second-order valence-corrected chi connectivity index (χ2v) is 7.96. The van der Waals surface area contributed by atoms with Gasteiger partial charge in [-0.1, -0.05) is 26.0 Å². The number of benzene rings is 1. The Hall–Kier alpha value is -2.59. The summed E-state index contributed by atoms with van der Waals surface area (Å²) in [5.74, 6) is 0.579. The van der Waals surface area contributed by atoms with Gasteiger partial charge in [-0.3, -0.25) is 14.9 Å². The summed E-state index contributed by atoms with van der Waals surface area (Å²) in [5.41, 5.74) is 2.86. The third kappa shape index (κ3) is 4.98.